The van der Waals surface area contributed by atoms with Gasteiger partial charge in [-0.25, -0.2) is 0 Å². The molecule has 0 heterocycles. The second-order valence-corrected chi connectivity index (χ2v) is 5.91. The fraction of sp³-hybridized carbons (Fsp3) is 0.0870. The van der Waals surface area contributed by atoms with Gasteiger partial charge >= 0.3 is 0 Å². The number of rotatable bonds is 6. The maximum absolute atomic E-state index is 12.4. The Kier molecular flexibility index (Phi) is 5.57. The molecule has 0 amide bonds. The van der Waals surface area contributed by atoms with E-state index in [9.17, 15) is 9.90 Å². The molecule has 136 valence electrons. The van der Waals surface area contributed by atoms with Gasteiger partial charge in [-0.05, 0) is 34.9 Å². The lowest BCUT2D eigenvalue weighted by atomic mass is 10.0. The molecule has 3 rings (SSSR count). The average molecular weight is 360 g/mol. The van der Waals surface area contributed by atoms with Crippen molar-refractivity contribution in [2.24, 2.45) is 0 Å². The maximum Gasteiger partial charge on any atom is 0.200 e. The Morgan fingerprint density at radius 3 is 1.96 bits per heavy atom. The van der Waals surface area contributed by atoms with Crippen molar-refractivity contribution in [3.8, 4) is 28.4 Å². The van der Waals surface area contributed by atoms with Crippen molar-refractivity contribution in [2.75, 3.05) is 14.2 Å². The smallest absolute Gasteiger partial charge is 0.200 e. The highest BCUT2D eigenvalue weighted by atomic mass is 16.5. The molecule has 0 aliphatic heterocycles. The Labute approximate surface area is 158 Å². The third-order valence-corrected chi connectivity index (χ3v) is 4.21. The highest BCUT2D eigenvalue weighted by molar-refractivity contribution is 6.07. The van der Waals surface area contributed by atoms with E-state index in [2.05, 4.69) is 0 Å². The second kappa shape index (κ2) is 8.23. The normalized spacial score (nSPS) is 10.7. The van der Waals surface area contributed by atoms with E-state index in [1.165, 1.54) is 20.3 Å². The van der Waals surface area contributed by atoms with Gasteiger partial charge in [-0.3, -0.25) is 4.79 Å². The van der Waals surface area contributed by atoms with Crippen LogP contribution < -0.4 is 9.47 Å². The van der Waals surface area contributed by atoms with E-state index in [-0.39, 0.29) is 23.0 Å². The monoisotopic (exact) mass is 360 g/mol. The molecule has 0 atom stereocenters. The number of aromatic hydroxyl groups is 1. The third-order valence-electron chi connectivity index (χ3n) is 4.21. The number of carbonyl (C=O) groups excluding carboxylic acids is 1. The topological polar surface area (TPSA) is 55.8 Å². The number of allylic oxidation sites excluding steroid dienone is 1. The van der Waals surface area contributed by atoms with Crippen LogP contribution in [-0.4, -0.2) is 25.1 Å². The number of ketones is 1. The molecule has 0 bridgehead atoms. The molecule has 0 fully saturated rings. The van der Waals surface area contributed by atoms with E-state index >= 15 is 0 Å². The van der Waals surface area contributed by atoms with Crippen molar-refractivity contribution in [1.29, 1.82) is 0 Å². The Bertz CT molecular complexity index is 932. The van der Waals surface area contributed by atoms with E-state index in [1.54, 1.807) is 18.2 Å². The number of hydrogen-bond donors (Lipinski definition) is 1. The van der Waals surface area contributed by atoms with Gasteiger partial charge in [0.05, 0.1) is 14.2 Å². The highest BCUT2D eigenvalue weighted by Gasteiger charge is 2.10. The molecular weight excluding hydrogens is 340 g/mol. The van der Waals surface area contributed by atoms with E-state index < -0.39 is 0 Å². The number of methoxy groups -OCH3 is 2. The van der Waals surface area contributed by atoms with E-state index in [1.807, 2.05) is 54.6 Å². The van der Waals surface area contributed by atoms with Gasteiger partial charge in [0.25, 0.3) is 0 Å². The van der Waals surface area contributed by atoms with Gasteiger partial charge in [0.1, 0.15) is 0 Å². The number of phenolic OH excluding ortho intramolecular Hbond substituents is 1. The van der Waals surface area contributed by atoms with Crippen LogP contribution in [0.4, 0.5) is 0 Å². The quantitative estimate of drug-likeness (QED) is 0.498. The van der Waals surface area contributed by atoms with Crippen molar-refractivity contribution in [2.45, 2.75) is 0 Å². The summed E-state index contributed by atoms with van der Waals surface area (Å²) in [5, 5.41) is 9.95. The van der Waals surface area contributed by atoms with Crippen LogP contribution in [0.25, 0.3) is 17.2 Å². The third kappa shape index (κ3) is 4.18. The zero-order chi connectivity index (χ0) is 19.2. The molecule has 4 nitrogen and oxygen atoms in total. The van der Waals surface area contributed by atoms with Crippen LogP contribution in [0, 0.1) is 0 Å². The summed E-state index contributed by atoms with van der Waals surface area (Å²) >= 11 is 0. The molecule has 27 heavy (non-hydrogen) atoms. The first-order valence-corrected chi connectivity index (χ1v) is 8.45. The first-order chi connectivity index (χ1) is 13.1. The Hall–Kier alpha value is -3.53. The fourth-order valence-electron chi connectivity index (χ4n) is 2.74. The first kappa shape index (κ1) is 18.3. The van der Waals surface area contributed by atoms with Gasteiger partial charge in [0.15, 0.2) is 17.3 Å². The molecule has 0 spiro atoms. The standard InChI is InChI=1S/C23H20O4/c1-26-21-14-16(15-22(27-2)23(21)25)8-13-20(24)19-11-9-18(10-12-19)17-6-4-3-5-7-17/h3-15,25H,1-2H3/b13-8+. The van der Waals surface area contributed by atoms with Crippen LogP contribution in [0.3, 0.4) is 0 Å². The fourth-order valence-corrected chi connectivity index (χ4v) is 2.74. The molecule has 3 aromatic carbocycles. The number of carbonyl (C=O) groups is 1. The summed E-state index contributed by atoms with van der Waals surface area (Å²) in [6.07, 6.45) is 3.15. The minimum absolute atomic E-state index is 0.0695. The molecule has 0 aliphatic rings. The van der Waals surface area contributed by atoms with Crippen molar-refractivity contribution in [3.05, 3.63) is 83.9 Å². The summed E-state index contributed by atoms with van der Waals surface area (Å²) in [7, 11) is 2.92. The molecule has 0 unspecified atom stereocenters. The molecule has 1 N–H and O–H groups in total. The first-order valence-electron chi connectivity index (χ1n) is 8.45. The predicted molar refractivity (Wildman–Crippen MR) is 106 cm³/mol. The molecule has 0 aromatic heterocycles. The van der Waals surface area contributed by atoms with Crippen molar-refractivity contribution < 1.29 is 19.4 Å². The molecule has 3 aromatic rings. The summed E-state index contributed by atoms with van der Waals surface area (Å²) in [4.78, 5) is 12.4. The van der Waals surface area contributed by atoms with Gasteiger partial charge < -0.3 is 14.6 Å². The van der Waals surface area contributed by atoms with Crippen LogP contribution in [0.5, 0.6) is 17.2 Å². The Morgan fingerprint density at radius 1 is 0.852 bits per heavy atom. The average Bonchev–Trinajstić information content (AvgIpc) is 2.73. The van der Waals surface area contributed by atoms with Crippen LogP contribution in [0.1, 0.15) is 15.9 Å². The van der Waals surface area contributed by atoms with Crippen LogP contribution in [0.2, 0.25) is 0 Å². The summed E-state index contributed by atoms with van der Waals surface area (Å²) in [6, 6.07) is 20.8. The van der Waals surface area contributed by atoms with Gasteiger partial charge in [0.2, 0.25) is 5.75 Å². The number of phenols is 1. The number of ether oxygens (including phenoxy) is 2. The Balaban J connectivity index is 1.79. The van der Waals surface area contributed by atoms with E-state index in [0.717, 1.165) is 11.1 Å². The molecule has 4 heteroatoms. The van der Waals surface area contributed by atoms with Gasteiger partial charge in [-0.2, -0.15) is 0 Å². The summed E-state index contributed by atoms with van der Waals surface area (Å²) in [6.45, 7) is 0. The van der Waals surface area contributed by atoms with Gasteiger partial charge in [-0.1, -0.05) is 60.7 Å². The van der Waals surface area contributed by atoms with Crippen molar-refractivity contribution >= 4 is 11.9 Å². The lowest BCUT2D eigenvalue weighted by Crippen LogP contribution is -1.94. The highest BCUT2D eigenvalue weighted by Crippen LogP contribution is 2.37. The van der Waals surface area contributed by atoms with E-state index in [0.29, 0.717) is 11.1 Å². The zero-order valence-electron chi connectivity index (χ0n) is 15.2. The minimum atomic E-state index is -0.111. The van der Waals surface area contributed by atoms with E-state index in [4.69, 9.17) is 9.47 Å². The number of hydrogen-bond acceptors (Lipinski definition) is 4. The van der Waals surface area contributed by atoms with Crippen LogP contribution >= 0.6 is 0 Å². The maximum atomic E-state index is 12.4. The summed E-state index contributed by atoms with van der Waals surface area (Å²) in [5.74, 6) is 0.392. The molecule has 0 saturated carbocycles. The molecule has 0 saturated heterocycles. The van der Waals surface area contributed by atoms with Crippen LogP contribution in [0.15, 0.2) is 72.8 Å². The van der Waals surface area contributed by atoms with Crippen LogP contribution in [-0.2, 0) is 0 Å². The molecule has 0 radical (unpaired) electrons. The zero-order valence-corrected chi connectivity index (χ0v) is 15.2. The summed E-state index contributed by atoms with van der Waals surface area (Å²) < 4.78 is 10.3. The predicted octanol–water partition coefficient (Wildman–Crippen LogP) is 4.97. The molecular formula is C23H20O4. The largest absolute Gasteiger partial charge is 0.502 e. The number of benzene rings is 3. The minimum Gasteiger partial charge on any atom is -0.502 e. The Morgan fingerprint density at radius 2 is 1.41 bits per heavy atom. The lowest BCUT2D eigenvalue weighted by molar-refractivity contribution is 0.104. The van der Waals surface area contributed by atoms with Gasteiger partial charge in [0, 0.05) is 5.56 Å². The second-order valence-electron chi connectivity index (χ2n) is 5.91. The summed E-state index contributed by atoms with van der Waals surface area (Å²) in [5.41, 5.74) is 3.46. The lowest BCUT2D eigenvalue weighted by Gasteiger charge is -2.09. The SMILES string of the molecule is COc1cc(/C=C/C(=O)c2ccc(-c3ccccc3)cc2)cc(OC)c1O. The van der Waals surface area contributed by atoms with Crippen molar-refractivity contribution in [1.82, 2.24) is 0 Å². The van der Waals surface area contributed by atoms with Crippen molar-refractivity contribution in [3.63, 3.8) is 0 Å². The van der Waals surface area contributed by atoms with Gasteiger partial charge in [-0.15, -0.1) is 0 Å². The molecule has 0 aliphatic carbocycles.